The zero-order valence-corrected chi connectivity index (χ0v) is 16.1. The summed E-state index contributed by atoms with van der Waals surface area (Å²) in [5.41, 5.74) is 8.37. The van der Waals surface area contributed by atoms with Gasteiger partial charge >= 0.3 is 0 Å². The van der Waals surface area contributed by atoms with Gasteiger partial charge in [0, 0.05) is 24.8 Å². The minimum Gasteiger partial charge on any atom is -0.371 e. The molecule has 1 saturated heterocycles. The van der Waals surface area contributed by atoms with Crippen LogP contribution in [-0.2, 0) is 4.79 Å². The second-order valence-corrected chi connectivity index (χ2v) is 8.52. The Morgan fingerprint density at radius 2 is 1.92 bits per heavy atom. The molecule has 0 unspecified atom stereocenters. The molecule has 0 aromatic heterocycles. The smallest absolute Gasteiger partial charge is 0.234 e. The molecule has 1 aliphatic carbocycles. The summed E-state index contributed by atoms with van der Waals surface area (Å²) in [5, 5.41) is 0. The van der Waals surface area contributed by atoms with Crippen molar-refractivity contribution >= 4 is 11.6 Å². The number of carbonyl (C=O) groups is 1. The number of likely N-dealkylation sites (N-methyl/N-ethyl adjacent to an activating group) is 1. The van der Waals surface area contributed by atoms with Crippen LogP contribution in [0.4, 0.5) is 5.69 Å². The van der Waals surface area contributed by atoms with Crippen LogP contribution in [0.5, 0.6) is 0 Å². The molecule has 1 saturated carbocycles. The molecule has 4 atom stereocenters. The summed E-state index contributed by atoms with van der Waals surface area (Å²) in [4.78, 5) is 16.8. The first-order valence-electron chi connectivity index (χ1n) is 9.69. The standard InChI is InChI=1S/C21H33N3O/c1-14(2)11-20(21(22)25)23(4)19-10-7-16-12-24(13-18(16)19)17-8-5-15(3)6-9-17/h5-6,8-9,14,16,18-20H,7,10-13H2,1-4H3,(H2,22,25)/t16-,18+,19+,20+/m1/s1. The maximum atomic E-state index is 12.0. The van der Waals surface area contributed by atoms with Crippen LogP contribution in [0.1, 0.15) is 38.7 Å². The summed E-state index contributed by atoms with van der Waals surface area (Å²) in [5.74, 6) is 1.68. The van der Waals surface area contributed by atoms with E-state index in [4.69, 9.17) is 5.73 Å². The second-order valence-electron chi connectivity index (χ2n) is 8.52. The van der Waals surface area contributed by atoms with E-state index in [9.17, 15) is 4.79 Å². The molecule has 1 aromatic carbocycles. The molecule has 2 N–H and O–H groups in total. The maximum Gasteiger partial charge on any atom is 0.234 e. The van der Waals surface area contributed by atoms with Gasteiger partial charge in [0.25, 0.3) is 0 Å². The van der Waals surface area contributed by atoms with Gasteiger partial charge in [-0.25, -0.2) is 0 Å². The van der Waals surface area contributed by atoms with Crippen LogP contribution in [0, 0.1) is 24.7 Å². The van der Waals surface area contributed by atoms with Gasteiger partial charge in [-0.1, -0.05) is 31.5 Å². The quantitative estimate of drug-likeness (QED) is 0.864. The molecule has 4 heteroatoms. The van der Waals surface area contributed by atoms with Crippen LogP contribution in [-0.4, -0.2) is 43.0 Å². The van der Waals surface area contributed by atoms with Gasteiger partial charge in [0.2, 0.25) is 5.91 Å². The Kier molecular flexibility index (Phi) is 5.38. The summed E-state index contributed by atoms with van der Waals surface area (Å²) in [6, 6.07) is 9.19. The summed E-state index contributed by atoms with van der Waals surface area (Å²) < 4.78 is 0. The first-order valence-corrected chi connectivity index (χ1v) is 9.69. The second kappa shape index (κ2) is 7.36. The van der Waals surface area contributed by atoms with Crippen molar-refractivity contribution < 1.29 is 4.79 Å². The minimum atomic E-state index is -0.173. The lowest BCUT2D eigenvalue weighted by Crippen LogP contribution is -2.50. The van der Waals surface area contributed by atoms with E-state index in [2.05, 4.69) is 61.9 Å². The fraction of sp³-hybridized carbons (Fsp3) is 0.667. The Labute approximate surface area is 152 Å². The topological polar surface area (TPSA) is 49.6 Å². The number of hydrogen-bond acceptors (Lipinski definition) is 3. The highest BCUT2D eigenvalue weighted by Crippen LogP contribution is 2.42. The van der Waals surface area contributed by atoms with Crippen molar-refractivity contribution in [3.05, 3.63) is 29.8 Å². The van der Waals surface area contributed by atoms with E-state index >= 15 is 0 Å². The average Bonchev–Trinajstić information content (AvgIpc) is 3.12. The van der Waals surface area contributed by atoms with Crippen LogP contribution in [0.2, 0.25) is 0 Å². The molecule has 3 rings (SSSR count). The fourth-order valence-electron chi connectivity index (χ4n) is 4.87. The van der Waals surface area contributed by atoms with Crippen molar-refractivity contribution in [1.29, 1.82) is 0 Å². The molecule has 4 nitrogen and oxygen atoms in total. The fourth-order valence-corrected chi connectivity index (χ4v) is 4.87. The predicted molar refractivity (Wildman–Crippen MR) is 104 cm³/mol. The molecular formula is C21H33N3O. The number of carbonyl (C=O) groups excluding carboxylic acids is 1. The van der Waals surface area contributed by atoms with Crippen molar-refractivity contribution in [3.63, 3.8) is 0 Å². The van der Waals surface area contributed by atoms with E-state index in [-0.39, 0.29) is 11.9 Å². The van der Waals surface area contributed by atoms with Crippen LogP contribution in [0.15, 0.2) is 24.3 Å². The predicted octanol–water partition coefficient (Wildman–Crippen LogP) is 3.04. The molecule has 1 amide bonds. The lowest BCUT2D eigenvalue weighted by atomic mass is 9.94. The van der Waals surface area contributed by atoms with E-state index in [0.717, 1.165) is 25.4 Å². The summed E-state index contributed by atoms with van der Waals surface area (Å²) in [6.07, 6.45) is 3.30. The van der Waals surface area contributed by atoms with Crippen LogP contribution in [0.25, 0.3) is 0 Å². The molecule has 2 fully saturated rings. The van der Waals surface area contributed by atoms with Crippen molar-refractivity contribution in [2.75, 3.05) is 25.0 Å². The SMILES string of the molecule is Cc1ccc(N2C[C@H]3CC[C@H](N(C)[C@@H](CC(C)C)C(N)=O)[C@H]3C2)cc1. The number of hydrogen-bond donors (Lipinski definition) is 1. The molecule has 1 heterocycles. The highest BCUT2D eigenvalue weighted by atomic mass is 16.1. The number of anilines is 1. The maximum absolute atomic E-state index is 12.0. The van der Waals surface area contributed by atoms with E-state index in [1.54, 1.807) is 0 Å². The largest absolute Gasteiger partial charge is 0.371 e. The Morgan fingerprint density at radius 1 is 1.24 bits per heavy atom. The van der Waals surface area contributed by atoms with Crippen molar-refractivity contribution in [2.45, 2.75) is 52.1 Å². The lowest BCUT2D eigenvalue weighted by Gasteiger charge is -2.35. The average molecular weight is 344 g/mol. The van der Waals surface area contributed by atoms with Crippen molar-refractivity contribution in [3.8, 4) is 0 Å². The van der Waals surface area contributed by atoms with Gasteiger partial charge < -0.3 is 10.6 Å². The van der Waals surface area contributed by atoms with Crippen molar-refractivity contribution in [2.24, 2.45) is 23.5 Å². The first-order chi connectivity index (χ1) is 11.9. The minimum absolute atomic E-state index is 0.142. The third-order valence-corrected chi connectivity index (χ3v) is 6.26. The Morgan fingerprint density at radius 3 is 2.52 bits per heavy atom. The molecule has 138 valence electrons. The zero-order valence-electron chi connectivity index (χ0n) is 16.1. The van der Waals surface area contributed by atoms with E-state index in [0.29, 0.717) is 17.9 Å². The van der Waals surface area contributed by atoms with Crippen LogP contribution in [0.3, 0.4) is 0 Å². The molecule has 0 radical (unpaired) electrons. The molecule has 25 heavy (non-hydrogen) atoms. The molecule has 1 aliphatic heterocycles. The third kappa shape index (κ3) is 3.84. The lowest BCUT2D eigenvalue weighted by molar-refractivity contribution is -0.124. The summed E-state index contributed by atoms with van der Waals surface area (Å²) >= 11 is 0. The molecule has 0 spiro atoms. The van der Waals surface area contributed by atoms with Gasteiger partial charge in [-0.3, -0.25) is 9.69 Å². The molecule has 1 aromatic rings. The van der Waals surface area contributed by atoms with Gasteiger partial charge in [-0.2, -0.15) is 0 Å². The number of benzene rings is 1. The van der Waals surface area contributed by atoms with Crippen LogP contribution < -0.4 is 10.6 Å². The zero-order chi connectivity index (χ0) is 18.1. The Bertz CT molecular complexity index is 598. The Hall–Kier alpha value is -1.55. The summed E-state index contributed by atoms with van der Waals surface area (Å²) in [6.45, 7) is 8.69. The number of rotatable bonds is 6. The first kappa shape index (κ1) is 18.2. The molecule has 0 bridgehead atoms. The van der Waals surface area contributed by atoms with Crippen LogP contribution >= 0.6 is 0 Å². The number of nitrogens with zero attached hydrogens (tertiary/aromatic N) is 2. The van der Waals surface area contributed by atoms with E-state index in [1.807, 2.05) is 0 Å². The Balaban J connectivity index is 1.70. The van der Waals surface area contributed by atoms with Gasteiger partial charge in [-0.15, -0.1) is 0 Å². The van der Waals surface area contributed by atoms with Gasteiger partial charge in [0.1, 0.15) is 0 Å². The number of fused-ring (bicyclic) bond motifs is 1. The normalized spacial score (nSPS) is 27.1. The molecule has 2 aliphatic rings. The van der Waals surface area contributed by atoms with Gasteiger partial charge in [-0.05, 0) is 63.1 Å². The van der Waals surface area contributed by atoms with Crippen molar-refractivity contribution in [1.82, 2.24) is 4.90 Å². The number of nitrogens with two attached hydrogens (primary N) is 1. The third-order valence-electron chi connectivity index (χ3n) is 6.26. The van der Waals surface area contributed by atoms with E-state index < -0.39 is 0 Å². The number of aryl methyl sites for hydroxylation is 1. The number of primary amides is 1. The van der Waals surface area contributed by atoms with Gasteiger partial charge in [0.15, 0.2) is 0 Å². The highest BCUT2D eigenvalue weighted by Gasteiger charge is 2.45. The van der Waals surface area contributed by atoms with E-state index in [1.165, 1.54) is 24.1 Å². The monoisotopic (exact) mass is 343 g/mol. The highest BCUT2D eigenvalue weighted by molar-refractivity contribution is 5.79. The van der Waals surface area contributed by atoms with Gasteiger partial charge in [0.05, 0.1) is 6.04 Å². The number of amides is 1. The molecular weight excluding hydrogens is 310 g/mol. The summed E-state index contributed by atoms with van der Waals surface area (Å²) in [7, 11) is 2.11.